The monoisotopic (exact) mass is 444 g/mol. The number of aromatic nitrogens is 4. The van der Waals surface area contributed by atoms with Crippen molar-refractivity contribution in [1.82, 2.24) is 19.7 Å². The molecule has 0 saturated heterocycles. The van der Waals surface area contributed by atoms with Crippen LogP contribution < -0.4 is 5.56 Å². The second kappa shape index (κ2) is 6.83. The molecule has 4 rings (SSSR count). The maximum atomic E-state index is 13.1. The molecule has 2 heterocycles. The molecule has 5 nitrogen and oxygen atoms in total. The first-order valence-electron chi connectivity index (χ1n) is 9.50. The van der Waals surface area contributed by atoms with Crippen LogP contribution in [0.4, 0.5) is 26.3 Å². The van der Waals surface area contributed by atoms with Gasteiger partial charge in [-0.2, -0.15) is 31.4 Å². The molecule has 1 N–H and O–H groups in total. The van der Waals surface area contributed by atoms with Crippen molar-refractivity contribution in [3.8, 4) is 0 Å². The van der Waals surface area contributed by atoms with Crippen LogP contribution in [0.1, 0.15) is 48.5 Å². The van der Waals surface area contributed by atoms with Crippen LogP contribution in [0.25, 0.3) is 11.0 Å². The first-order valence-corrected chi connectivity index (χ1v) is 9.50. The highest BCUT2D eigenvalue weighted by atomic mass is 19.4. The molecule has 0 radical (unpaired) electrons. The van der Waals surface area contributed by atoms with Crippen LogP contribution in [0, 0.1) is 12.3 Å². The zero-order chi connectivity index (χ0) is 22.8. The lowest BCUT2D eigenvalue weighted by molar-refractivity contribution is -0.137. The average Bonchev–Trinajstić information content (AvgIpc) is 3.27. The number of hydrogen-bond donors (Lipinski definition) is 1. The molecule has 0 aliphatic heterocycles. The summed E-state index contributed by atoms with van der Waals surface area (Å²) in [7, 11) is 0. The number of nitrogens with zero attached hydrogens (tertiary/aromatic N) is 3. The Balaban J connectivity index is 1.92. The smallest absolute Gasteiger partial charge is 0.310 e. The van der Waals surface area contributed by atoms with E-state index in [1.54, 1.807) is 0 Å². The molecule has 0 bridgehead atoms. The van der Waals surface area contributed by atoms with Crippen molar-refractivity contribution in [2.75, 3.05) is 0 Å². The highest BCUT2D eigenvalue weighted by Crippen LogP contribution is 2.56. The van der Waals surface area contributed by atoms with Gasteiger partial charge in [-0.3, -0.25) is 4.79 Å². The fourth-order valence-corrected chi connectivity index (χ4v) is 3.88. The highest BCUT2D eigenvalue weighted by Gasteiger charge is 2.48. The molecule has 1 atom stereocenters. The molecular formula is C20H18F6N4O. The van der Waals surface area contributed by atoms with E-state index in [0.717, 1.165) is 12.1 Å². The fraction of sp³-hybridized carbons (Fsp3) is 0.450. The van der Waals surface area contributed by atoms with Crippen LogP contribution in [0.3, 0.4) is 0 Å². The van der Waals surface area contributed by atoms with E-state index in [9.17, 15) is 31.1 Å². The summed E-state index contributed by atoms with van der Waals surface area (Å²) in [5, 5.41) is 3.86. The van der Waals surface area contributed by atoms with Gasteiger partial charge in [0, 0.05) is 0 Å². The predicted molar refractivity (Wildman–Crippen MR) is 99.6 cm³/mol. The van der Waals surface area contributed by atoms with E-state index < -0.39 is 47.0 Å². The number of hydrogen-bond acceptors (Lipinski definition) is 3. The zero-order valence-electron chi connectivity index (χ0n) is 16.5. The van der Waals surface area contributed by atoms with Crippen LogP contribution in [0.5, 0.6) is 0 Å². The summed E-state index contributed by atoms with van der Waals surface area (Å²) >= 11 is 0. The summed E-state index contributed by atoms with van der Waals surface area (Å²) in [6.07, 6.45) is -9.12. The molecule has 3 aromatic rings. The van der Waals surface area contributed by atoms with Gasteiger partial charge in [0.1, 0.15) is 11.2 Å². The lowest BCUT2D eigenvalue weighted by Crippen LogP contribution is -2.22. The van der Waals surface area contributed by atoms with Crippen LogP contribution in [0.15, 0.2) is 29.1 Å². The Bertz CT molecular complexity index is 1190. The molecule has 0 spiro atoms. The molecule has 31 heavy (non-hydrogen) atoms. The number of aryl methyl sites for hydroxylation is 1. The Kier molecular flexibility index (Phi) is 4.71. The summed E-state index contributed by atoms with van der Waals surface area (Å²) in [6.45, 7) is 3.37. The van der Waals surface area contributed by atoms with Gasteiger partial charge in [-0.05, 0) is 42.9 Å². The van der Waals surface area contributed by atoms with Crippen LogP contribution in [-0.2, 0) is 12.6 Å². The number of aromatic amines is 1. The molecule has 0 unspecified atom stereocenters. The third-order valence-electron chi connectivity index (χ3n) is 5.62. The van der Waals surface area contributed by atoms with Gasteiger partial charge >= 0.3 is 12.4 Å². The largest absolute Gasteiger partial charge is 0.416 e. The van der Waals surface area contributed by atoms with Gasteiger partial charge in [-0.15, -0.1) is 0 Å². The van der Waals surface area contributed by atoms with Crippen molar-refractivity contribution in [3.63, 3.8) is 0 Å². The van der Waals surface area contributed by atoms with E-state index in [1.165, 1.54) is 23.7 Å². The normalized spacial score (nSPS) is 17.2. The van der Waals surface area contributed by atoms with Crippen molar-refractivity contribution in [2.24, 2.45) is 5.41 Å². The Morgan fingerprint density at radius 2 is 1.74 bits per heavy atom. The molecule has 2 aromatic heterocycles. The van der Waals surface area contributed by atoms with E-state index in [0.29, 0.717) is 18.4 Å². The number of nitrogens with one attached hydrogen (secondary N) is 1. The van der Waals surface area contributed by atoms with Crippen molar-refractivity contribution in [1.29, 1.82) is 0 Å². The van der Waals surface area contributed by atoms with Crippen LogP contribution in [0.2, 0.25) is 0 Å². The lowest BCUT2D eigenvalue weighted by atomic mass is 9.91. The van der Waals surface area contributed by atoms with Crippen molar-refractivity contribution in [2.45, 2.75) is 51.5 Å². The standard InChI is InChI=1S/C20H18F6N4O/c1-10-27-16-14(17(31)28-10)13(9-19(21,22)23)29-30(16)15(18(2)7-8-18)11-3-5-12(6-4-11)20(24,25)26/h3-6,15H,7-9H2,1-2H3,(H,27,28,31)/t15-/m0/s1. The van der Waals surface area contributed by atoms with Gasteiger partial charge in [0.15, 0.2) is 5.65 Å². The maximum Gasteiger partial charge on any atom is 0.416 e. The third-order valence-corrected chi connectivity index (χ3v) is 5.62. The Morgan fingerprint density at radius 1 is 1.13 bits per heavy atom. The SMILES string of the molecule is Cc1nc2c(c(CC(F)(F)F)nn2[C@@H](c2ccc(C(F)(F)F)cc2)C2(C)CC2)c(=O)[nH]1. The first-order chi connectivity index (χ1) is 14.3. The molecule has 0 amide bonds. The quantitative estimate of drug-likeness (QED) is 0.580. The number of halogens is 6. The molecule has 1 saturated carbocycles. The van der Waals surface area contributed by atoms with E-state index in [2.05, 4.69) is 15.1 Å². The summed E-state index contributed by atoms with van der Waals surface area (Å²) in [5.41, 5.74) is -2.02. The van der Waals surface area contributed by atoms with Gasteiger partial charge in [0.25, 0.3) is 5.56 Å². The minimum absolute atomic E-state index is 0.0153. The van der Waals surface area contributed by atoms with E-state index >= 15 is 0 Å². The summed E-state index contributed by atoms with van der Waals surface area (Å²) in [6, 6.07) is 3.79. The molecule has 11 heteroatoms. The van der Waals surface area contributed by atoms with Crippen molar-refractivity contribution < 1.29 is 26.3 Å². The number of H-pyrrole nitrogens is 1. The Labute approximate surface area is 172 Å². The molecule has 1 aromatic carbocycles. The number of rotatable bonds is 4. The molecule has 1 aliphatic rings. The van der Waals surface area contributed by atoms with Crippen LogP contribution in [-0.4, -0.2) is 25.9 Å². The Hall–Kier alpha value is -2.85. The van der Waals surface area contributed by atoms with Crippen LogP contribution >= 0.6 is 0 Å². The fourth-order valence-electron chi connectivity index (χ4n) is 3.88. The van der Waals surface area contributed by atoms with Crippen molar-refractivity contribution in [3.05, 3.63) is 57.3 Å². The van der Waals surface area contributed by atoms with Crippen molar-refractivity contribution >= 4 is 11.0 Å². The van der Waals surface area contributed by atoms with Gasteiger partial charge in [0.2, 0.25) is 0 Å². The average molecular weight is 444 g/mol. The minimum Gasteiger partial charge on any atom is -0.310 e. The topological polar surface area (TPSA) is 63.6 Å². The van der Waals surface area contributed by atoms with Gasteiger partial charge in [-0.1, -0.05) is 19.1 Å². The van der Waals surface area contributed by atoms with Gasteiger partial charge < -0.3 is 4.98 Å². The second-order valence-corrected chi connectivity index (χ2v) is 8.21. The van der Waals surface area contributed by atoms with E-state index in [-0.39, 0.29) is 16.9 Å². The molecular weight excluding hydrogens is 426 g/mol. The summed E-state index contributed by atoms with van der Waals surface area (Å²) in [4.78, 5) is 19.1. The second-order valence-electron chi connectivity index (χ2n) is 8.21. The zero-order valence-corrected chi connectivity index (χ0v) is 16.5. The molecule has 166 valence electrons. The Morgan fingerprint density at radius 3 is 2.26 bits per heavy atom. The predicted octanol–water partition coefficient (Wildman–Crippen LogP) is 4.94. The minimum atomic E-state index is -4.60. The third kappa shape index (κ3) is 4.05. The van der Waals surface area contributed by atoms with Gasteiger partial charge in [-0.25, -0.2) is 9.67 Å². The van der Waals surface area contributed by atoms with E-state index in [1.807, 2.05) is 6.92 Å². The lowest BCUT2D eigenvalue weighted by Gasteiger charge is -2.25. The molecule has 1 aliphatic carbocycles. The number of fused-ring (bicyclic) bond motifs is 1. The summed E-state index contributed by atoms with van der Waals surface area (Å²) < 4.78 is 79.6. The summed E-state index contributed by atoms with van der Waals surface area (Å²) in [5.74, 6) is 0.198. The maximum absolute atomic E-state index is 13.1. The van der Waals surface area contributed by atoms with E-state index in [4.69, 9.17) is 0 Å². The van der Waals surface area contributed by atoms with Gasteiger partial charge in [0.05, 0.1) is 23.7 Å². The molecule has 1 fully saturated rings. The first kappa shape index (κ1) is 21.4. The number of benzene rings is 1. The highest BCUT2D eigenvalue weighted by molar-refractivity contribution is 5.77. The number of alkyl halides is 6.